The van der Waals surface area contributed by atoms with E-state index in [1.54, 1.807) is 0 Å². The molecule has 1 aliphatic rings. The zero-order valence-electron chi connectivity index (χ0n) is 12.5. The summed E-state index contributed by atoms with van der Waals surface area (Å²) in [5, 5.41) is 3.03. The molecule has 0 bridgehead atoms. The smallest absolute Gasteiger partial charge is 0.218 e. The third-order valence-corrected chi connectivity index (χ3v) is 8.08. The number of halogens is 1. The molecule has 0 saturated heterocycles. The quantitative estimate of drug-likeness (QED) is 0.505. The van der Waals surface area contributed by atoms with Crippen molar-refractivity contribution >= 4 is 30.0 Å². The molecule has 0 aliphatic carbocycles. The molecule has 1 aliphatic heterocycles. The molecule has 0 saturated carbocycles. The molecule has 0 radical (unpaired) electrons. The second kappa shape index (κ2) is 4.76. The van der Waals surface area contributed by atoms with Crippen LogP contribution in [0.1, 0.15) is 0 Å². The molecule has 2 nitrogen and oxygen atoms in total. The van der Waals surface area contributed by atoms with E-state index < -0.39 is 8.07 Å². The van der Waals surface area contributed by atoms with E-state index >= 15 is 0 Å². The number of aromatic nitrogens is 2. The molecule has 22 heavy (non-hydrogen) atoms. The number of rotatable bonds is 1. The molecule has 2 aromatic carbocycles. The Balaban J connectivity index is 2.09. The summed E-state index contributed by atoms with van der Waals surface area (Å²) in [5.74, 6) is 0. The summed E-state index contributed by atoms with van der Waals surface area (Å²) in [5.41, 5.74) is 4.33. The molecule has 0 fully saturated rings. The lowest BCUT2D eigenvalue weighted by atomic mass is 10.1. The monoisotopic (exact) mass is 322 g/mol. The molecule has 3 aromatic rings. The van der Waals surface area contributed by atoms with Crippen LogP contribution < -0.4 is 10.4 Å². The Morgan fingerprint density at radius 1 is 0.818 bits per heavy atom. The SMILES string of the molecule is C[Si]1(C)c2ccccc2-c2nc(Cl)nc(-c3ccccc3)c21. The molecule has 0 atom stereocenters. The average molecular weight is 323 g/mol. The summed E-state index contributed by atoms with van der Waals surface area (Å²) in [6, 6.07) is 18.8. The summed E-state index contributed by atoms with van der Waals surface area (Å²) >= 11 is 6.23. The Kier molecular flexibility index (Phi) is 2.96. The van der Waals surface area contributed by atoms with Crippen LogP contribution >= 0.6 is 11.6 Å². The third-order valence-electron chi connectivity index (χ3n) is 4.41. The Morgan fingerprint density at radius 2 is 1.45 bits per heavy atom. The molecule has 2 heterocycles. The first kappa shape index (κ1) is 13.7. The van der Waals surface area contributed by atoms with Crippen molar-refractivity contribution in [1.82, 2.24) is 9.97 Å². The summed E-state index contributed by atoms with van der Waals surface area (Å²) in [4.78, 5) is 9.15. The Hall–Kier alpha value is -1.97. The zero-order chi connectivity index (χ0) is 15.3. The minimum Gasteiger partial charge on any atom is -0.218 e. The lowest BCUT2D eigenvalue weighted by Crippen LogP contribution is -2.50. The van der Waals surface area contributed by atoms with Gasteiger partial charge in [-0.1, -0.05) is 67.7 Å². The molecule has 0 N–H and O–H groups in total. The number of hydrogen-bond acceptors (Lipinski definition) is 2. The van der Waals surface area contributed by atoms with Gasteiger partial charge in [0.1, 0.15) is 8.07 Å². The minimum absolute atomic E-state index is 0.319. The van der Waals surface area contributed by atoms with E-state index in [1.165, 1.54) is 15.9 Å². The summed E-state index contributed by atoms with van der Waals surface area (Å²) < 4.78 is 0. The van der Waals surface area contributed by atoms with Gasteiger partial charge in [0, 0.05) is 5.56 Å². The molecule has 0 amide bonds. The molecular weight excluding hydrogens is 308 g/mol. The van der Waals surface area contributed by atoms with Crippen LogP contribution in [0.2, 0.25) is 18.4 Å². The van der Waals surface area contributed by atoms with Crippen LogP contribution in [-0.2, 0) is 0 Å². The van der Waals surface area contributed by atoms with Crippen molar-refractivity contribution in [2.24, 2.45) is 0 Å². The first-order valence-corrected chi connectivity index (χ1v) is 10.7. The topological polar surface area (TPSA) is 25.8 Å². The first-order chi connectivity index (χ1) is 10.6. The Bertz CT molecular complexity index is 876. The van der Waals surface area contributed by atoms with Crippen LogP contribution in [0, 0.1) is 0 Å². The highest BCUT2D eigenvalue weighted by molar-refractivity contribution is 7.04. The fourth-order valence-corrected chi connectivity index (χ4v) is 6.80. The van der Waals surface area contributed by atoms with E-state index in [0.29, 0.717) is 5.28 Å². The van der Waals surface area contributed by atoms with Gasteiger partial charge < -0.3 is 0 Å². The maximum atomic E-state index is 6.23. The van der Waals surface area contributed by atoms with Crippen LogP contribution in [0.4, 0.5) is 0 Å². The van der Waals surface area contributed by atoms with Crippen molar-refractivity contribution in [3.8, 4) is 22.5 Å². The minimum atomic E-state index is -1.82. The van der Waals surface area contributed by atoms with Crippen LogP contribution in [0.5, 0.6) is 0 Å². The van der Waals surface area contributed by atoms with Crippen LogP contribution in [0.15, 0.2) is 54.6 Å². The number of hydrogen-bond donors (Lipinski definition) is 0. The van der Waals surface area contributed by atoms with Crippen molar-refractivity contribution in [3.63, 3.8) is 0 Å². The van der Waals surface area contributed by atoms with Gasteiger partial charge in [0.15, 0.2) is 0 Å². The summed E-state index contributed by atoms with van der Waals surface area (Å²) in [7, 11) is -1.82. The molecule has 1 aromatic heterocycles. The van der Waals surface area contributed by atoms with E-state index in [-0.39, 0.29) is 0 Å². The van der Waals surface area contributed by atoms with Crippen molar-refractivity contribution in [1.29, 1.82) is 0 Å². The number of benzene rings is 2. The molecular formula is C18H15ClN2Si. The Morgan fingerprint density at radius 3 is 2.23 bits per heavy atom. The van der Waals surface area contributed by atoms with Crippen LogP contribution in [0.25, 0.3) is 22.5 Å². The fourth-order valence-electron chi connectivity index (χ4n) is 3.39. The zero-order valence-corrected chi connectivity index (χ0v) is 14.2. The second-order valence-corrected chi connectivity index (χ2v) is 10.7. The molecule has 108 valence electrons. The number of fused-ring (bicyclic) bond motifs is 3. The highest BCUT2D eigenvalue weighted by Crippen LogP contribution is 2.31. The fraction of sp³-hybridized carbons (Fsp3) is 0.111. The van der Waals surface area contributed by atoms with Crippen LogP contribution in [0.3, 0.4) is 0 Å². The van der Waals surface area contributed by atoms with E-state index in [2.05, 4.69) is 59.5 Å². The van der Waals surface area contributed by atoms with Gasteiger partial charge >= 0.3 is 0 Å². The van der Waals surface area contributed by atoms with Gasteiger partial charge in [-0.15, -0.1) is 0 Å². The average Bonchev–Trinajstić information content (AvgIpc) is 2.76. The standard InChI is InChI=1S/C18H15ClN2Si/c1-22(2)14-11-7-6-10-13(14)16-17(22)15(20-18(19)21-16)12-8-4-3-5-9-12/h3-11H,1-2H3. The van der Waals surface area contributed by atoms with Gasteiger partial charge in [0.25, 0.3) is 0 Å². The summed E-state index contributed by atoms with van der Waals surface area (Å²) in [6.45, 7) is 4.72. The highest BCUT2D eigenvalue weighted by Gasteiger charge is 2.41. The second-order valence-electron chi connectivity index (χ2n) is 6.10. The molecule has 0 spiro atoms. The van der Waals surface area contributed by atoms with Crippen molar-refractivity contribution in [3.05, 3.63) is 59.9 Å². The molecule has 4 rings (SSSR count). The highest BCUT2D eigenvalue weighted by atomic mass is 35.5. The van der Waals surface area contributed by atoms with Gasteiger partial charge in [-0.3, -0.25) is 0 Å². The molecule has 4 heteroatoms. The predicted octanol–water partition coefficient (Wildman–Crippen LogP) is 3.60. The van der Waals surface area contributed by atoms with Crippen molar-refractivity contribution in [2.75, 3.05) is 0 Å². The van der Waals surface area contributed by atoms with Gasteiger partial charge in [-0.2, -0.15) is 0 Å². The largest absolute Gasteiger partial charge is 0.223 e. The third kappa shape index (κ3) is 1.86. The number of nitrogens with zero attached hydrogens (tertiary/aromatic N) is 2. The first-order valence-electron chi connectivity index (χ1n) is 7.32. The van der Waals surface area contributed by atoms with Crippen LogP contribution in [-0.4, -0.2) is 18.0 Å². The normalized spacial score (nSPS) is 14.5. The van der Waals surface area contributed by atoms with Gasteiger partial charge in [0.05, 0.1) is 11.4 Å². The van der Waals surface area contributed by atoms with E-state index in [9.17, 15) is 0 Å². The van der Waals surface area contributed by atoms with Crippen molar-refractivity contribution in [2.45, 2.75) is 13.1 Å². The maximum Gasteiger partial charge on any atom is 0.223 e. The van der Waals surface area contributed by atoms with Crippen molar-refractivity contribution < 1.29 is 0 Å². The van der Waals surface area contributed by atoms with Gasteiger partial charge in [0.2, 0.25) is 5.28 Å². The van der Waals surface area contributed by atoms with E-state index in [4.69, 9.17) is 11.6 Å². The predicted molar refractivity (Wildman–Crippen MR) is 94.7 cm³/mol. The van der Waals surface area contributed by atoms with E-state index in [0.717, 1.165) is 17.0 Å². The molecule has 0 unspecified atom stereocenters. The Labute approximate surface area is 135 Å². The lowest BCUT2D eigenvalue weighted by Gasteiger charge is -2.21. The van der Waals surface area contributed by atoms with E-state index in [1.807, 2.05) is 18.2 Å². The maximum absolute atomic E-state index is 6.23. The lowest BCUT2D eigenvalue weighted by molar-refractivity contribution is 1.19. The van der Waals surface area contributed by atoms with Gasteiger partial charge in [-0.25, -0.2) is 9.97 Å². The van der Waals surface area contributed by atoms with Gasteiger partial charge in [-0.05, 0) is 27.5 Å². The summed E-state index contributed by atoms with van der Waals surface area (Å²) in [6.07, 6.45) is 0.